The first-order chi connectivity index (χ1) is 7.58. The molecular formula is C12H16N2O2. The van der Waals surface area contributed by atoms with Gasteiger partial charge in [-0.05, 0) is 31.0 Å². The Morgan fingerprint density at radius 1 is 1.38 bits per heavy atom. The molecule has 0 saturated carbocycles. The maximum Gasteiger partial charge on any atom is 0.157 e. The molecule has 0 aromatic heterocycles. The third kappa shape index (κ3) is 2.88. The fourth-order valence-corrected chi connectivity index (χ4v) is 1.33. The summed E-state index contributed by atoms with van der Waals surface area (Å²) in [5.41, 5.74) is 0.651. The van der Waals surface area contributed by atoms with E-state index in [4.69, 9.17) is 5.26 Å². The third-order valence-corrected chi connectivity index (χ3v) is 2.53. The van der Waals surface area contributed by atoms with Gasteiger partial charge in [0, 0.05) is 6.04 Å². The molecule has 4 nitrogen and oxygen atoms in total. The lowest BCUT2D eigenvalue weighted by atomic mass is 10.1. The number of nitriles is 1. The molecule has 0 heterocycles. The summed E-state index contributed by atoms with van der Waals surface area (Å²) in [6.07, 6.45) is 0.919. The average molecular weight is 220 g/mol. The largest absolute Gasteiger partial charge is 0.504 e. The summed E-state index contributed by atoms with van der Waals surface area (Å²) in [6.45, 7) is 4.02. The van der Waals surface area contributed by atoms with Crippen molar-refractivity contribution in [2.75, 3.05) is 0 Å². The summed E-state index contributed by atoms with van der Waals surface area (Å²) in [5, 5.41) is 30.7. The van der Waals surface area contributed by atoms with Gasteiger partial charge >= 0.3 is 0 Å². The zero-order valence-electron chi connectivity index (χ0n) is 9.44. The molecule has 0 aliphatic carbocycles. The van der Waals surface area contributed by atoms with Crippen molar-refractivity contribution in [1.82, 2.24) is 5.32 Å². The van der Waals surface area contributed by atoms with Crippen LogP contribution in [0.15, 0.2) is 18.2 Å². The van der Waals surface area contributed by atoms with E-state index in [1.807, 2.05) is 13.8 Å². The second-order valence-electron chi connectivity index (χ2n) is 3.79. The summed E-state index contributed by atoms with van der Waals surface area (Å²) in [6, 6.07) is 6.29. The molecule has 0 saturated heterocycles. The van der Waals surface area contributed by atoms with E-state index in [2.05, 4.69) is 11.4 Å². The van der Waals surface area contributed by atoms with Crippen LogP contribution in [-0.4, -0.2) is 16.3 Å². The summed E-state index contributed by atoms with van der Waals surface area (Å²) in [7, 11) is 0. The molecule has 1 aromatic carbocycles. The summed E-state index contributed by atoms with van der Waals surface area (Å²) in [5.74, 6) is -0.382. The van der Waals surface area contributed by atoms with Crippen molar-refractivity contribution in [3.8, 4) is 17.6 Å². The van der Waals surface area contributed by atoms with Crippen molar-refractivity contribution in [1.29, 1.82) is 5.26 Å². The molecule has 86 valence electrons. The molecule has 0 amide bonds. The smallest absolute Gasteiger partial charge is 0.157 e. The molecule has 0 radical (unpaired) electrons. The molecule has 3 N–H and O–H groups in total. The lowest BCUT2D eigenvalue weighted by Crippen LogP contribution is -2.29. The van der Waals surface area contributed by atoms with Crippen molar-refractivity contribution in [2.24, 2.45) is 0 Å². The molecular weight excluding hydrogens is 204 g/mol. The van der Waals surface area contributed by atoms with Crippen LogP contribution in [-0.2, 0) is 0 Å². The van der Waals surface area contributed by atoms with Crippen LogP contribution in [0.5, 0.6) is 11.5 Å². The van der Waals surface area contributed by atoms with Gasteiger partial charge in [0.05, 0.1) is 6.07 Å². The molecule has 0 bridgehead atoms. The van der Waals surface area contributed by atoms with Gasteiger partial charge in [0.25, 0.3) is 0 Å². The first-order valence-corrected chi connectivity index (χ1v) is 5.26. The van der Waals surface area contributed by atoms with Crippen LogP contribution >= 0.6 is 0 Å². The van der Waals surface area contributed by atoms with E-state index in [0.717, 1.165) is 6.42 Å². The number of hydrogen-bond donors (Lipinski definition) is 3. The molecule has 1 rings (SSSR count). The molecule has 4 heteroatoms. The normalized spacial score (nSPS) is 14.1. The highest BCUT2D eigenvalue weighted by molar-refractivity contribution is 5.42. The van der Waals surface area contributed by atoms with E-state index in [1.165, 1.54) is 12.1 Å². The minimum Gasteiger partial charge on any atom is -0.504 e. The van der Waals surface area contributed by atoms with E-state index in [0.29, 0.717) is 5.56 Å². The molecule has 0 spiro atoms. The number of nitrogens with one attached hydrogen (secondary N) is 1. The SMILES string of the molecule is CCC(C)NC(C#N)c1ccc(O)c(O)c1. The average Bonchev–Trinajstić information content (AvgIpc) is 2.29. The number of phenolic OH excluding ortho intramolecular Hbond substituents is 2. The molecule has 2 unspecified atom stereocenters. The quantitative estimate of drug-likeness (QED) is 0.679. The van der Waals surface area contributed by atoms with Gasteiger partial charge < -0.3 is 10.2 Å². The number of aromatic hydroxyl groups is 2. The Morgan fingerprint density at radius 2 is 2.06 bits per heavy atom. The van der Waals surface area contributed by atoms with Gasteiger partial charge in [0.15, 0.2) is 11.5 Å². The van der Waals surface area contributed by atoms with Crippen LogP contribution in [0.2, 0.25) is 0 Å². The van der Waals surface area contributed by atoms with Crippen molar-refractivity contribution in [3.05, 3.63) is 23.8 Å². The minimum atomic E-state index is -0.471. The molecule has 1 aromatic rings. The van der Waals surface area contributed by atoms with E-state index in [-0.39, 0.29) is 17.5 Å². The number of nitrogens with zero attached hydrogens (tertiary/aromatic N) is 1. The Bertz CT molecular complexity index is 398. The molecule has 0 fully saturated rings. The third-order valence-electron chi connectivity index (χ3n) is 2.53. The van der Waals surface area contributed by atoms with E-state index >= 15 is 0 Å². The summed E-state index contributed by atoms with van der Waals surface area (Å²) in [4.78, 5) is 0. The van der Waals surface area contributed by atoms with E-state index in [1.54, 1.807) is 6.07 Å². The second-order valence-corrected chi connectivity index (χ2v) is 3.79. The minimum absolute atomic E-state index is 0.177. The molecule has 0 aliphatic rings. The van der Waals surface area contributed by atoms with E-state index in [9.17, 15) is 10.2 Å². The summed E-state index contributed by atoms with van der Waals surface area (Å²) < 4.78 is 0. The van der Waals surface area contributed by atoms with Gasteiger partial charge in [0.2, 0.25) is 0 Å². The molecule has 16 heavy (non-hydrogen) atoms. The van der Waals surface area contributed by atoms with Gasteiger partial charge in [-0.3, -0.25) is 5.32 Å². The summed E-state index contributed by atoms with van der Waals surface area (Å²) >= 11 is 0. The highest BCUT2D eigenvalue weighted by atomic mass is 16.3. The number of rotatable bonds is 4. The number of hydrogen-bond acceptors (Lipinski definition) is 4. The van der Waals surface area contributed by atoms with Crippen LogP contribution in [0.4, 0.5) is 0 Å². The Balaban J connectivity index is 2.88. The second kappa shape index (κ2) is 5.38. The zero-order valence-corrected chi connectivity index (χ0v) is 9.44. The molecule has 2 atom stereocenters. The maximum atomic E-state index is 9.35. The van der Waals surface area contributed by atoms with E-state index < -0.39 is 6.04 Å². The fourth-order valence-electron chi connectivity index (χ4n) is 1.33. The van der Waals surface area contributed by atoms with Crippen LogP contribution in [0.3, 0.4) is 0 Å². The van der Waals surface area contributed by atoms with Crippen LogP contribution in [0.1, 0.15) is 31.9 Å². The topological polar surface area (TPSA) is 76.3 Å². The fraction of sp³-hybridized carbons (Fsp3) is 0.417. The first kappa shape index (κ1) is 12.3. The number of phenols is 2. The lowest BCUT2D eigenvalue weighted by Gasteiger charge is -2.17. The van der Waals surface area contributed by atoms with Crippen molar-refractivity contribution in [3.63, 3.8) is 0 Å². The van der Waals surface area contributed by atoms with Gasteiger partial charge in [0.1, 0.15) is 6.04 Å². The zero-order chi connectivity index (χ0) is 12.1. The Morgan fingerprint density at radius 3 is 2.56 bits per heavy atom. The predicted octanol–water partition coefficient (Wildman–Crippen LogP) is 2.05. The first-order valence-electron chi connectivity index (χ1n) is 5.26. The predicted molar refractivity (Wildman–Crippen MR) is 61.0 cm³/mol. The van der Waals surface area contributed by atoms with Gasteiger partial charge in [-0.2, -0.15) is 5.26 Å². The highest BCUT2D eigenvalue weighted by Gasteiger charge is 2.14. The van der Waals surface area contributed by atoms with Crippen molar-refractivity contribution in [2.45, 2.75) is 32.4 Å². The standard InChI is InChI=1S/C12H16N2O2/c1-3-8(2)14-10(7-13)9-4-5-11(15)12(16)6-9/h4-6,8,10,14-16H,3H2,1-2H3. The van der Waals surface area contributed by atoms with Gasteiger partial charge in [-0.15, -0.1) is 0 Å². The highest BCUT2D eigenvalue weighted by Crippen LogP contribution is 2.27. The monoisotopic (exact) mass is 220 g/mol. The number of benzene rings is 1. The van der Waals surface area contributed by atoms with Crippen LogP contribution < -0.4 is 5.32 Å². The van der Waals surface area contributed by atoms with Crippen molar-refractivity contribution < 1.29 is 10.2 Å². The lowest BCUT2D eigenvalue weighted by molar-refractivity contribution is 0.402. The van der Waals surface area contributed by atoms with Crippen LogP contribution in [0, 0.1) is 11.3 Å². The Hall–Kier alpha value is -1.73. The van der Waals surface area contributed by atoms with Gasteiger partial charge in [-0.1, -0.05) is 13.0 Å². The van der Waals surface area contributed by atoms with Gasteiger partial charge in [-0.25, -0.2) is 0 Å². The Labute approximate surface area is 95.2 Å². The molecule has 0 aliphatic heterocycles. The maximum absolute atomic E-state index is 9.35. The van der Waals surface area contributed by atoms with Crippen molar-refractivity contribution >= 4 is 0 Å². The Kier molecular flexibility index (Phi) is 4.15. The van der Waals surface area contributed by atoms with Crippen LogP contribution in [0.25, 0.3) is 0 Å².